The van der Waals surface area contributed by atoms with Gasteiger partial charge in [-0.3, -0.25) is 10.1 Å². The third-order valence-corrected chi connectivity index (χ3v) is 9.78. The van der Waals surface area contributed by atoms with E-state index in [-0.39, 0.29) is 5.84 Å². The van der Waals surface area contributed by atoms with Crippen LogP contribution in [-0.2, 0) is 42.3 Å². The summed E-state index contributed by atoms with van der Waals surface area (Å²) in [7, 11) is -3.81. The Hall–Kier alpha value is -4.47. The molecule has 0 spiro atoms. The van der Waals surface area contributed by atoms with Gasteiger partial charge in [0, 0.05) is 25.1 Å². The predicted molar refractivity (Wildman–Crippen MR) is 183 cm³/mol. The number of benzene rings is 4. The lowest BCUT2D eigenvalue weighted by Gasteiger charge is -2.19. The molecule has 0 saturated heterocycles. The van der Waals surface area contributed by atoms with Crippen LogP contribution >= 0.6 is 0 Å². The monoisotopic (exact) mass is 622 g/mol. The Morgan fingerprint density at radius 3 is 2.24 bits per heavy atom. The second kappa shape index (κ2) is 14.5. The maximum Gasteiger partial charge on any atom is 0.262 e. The number of aromatic nitrogens is 2. The molecule has 1 heterocycles. The molecule has 0 fully saturated rings. The fourth-order valence-electron chi connectivity index (χ4n) is 5.68. The molecule has 0 aliphatic heterocycles. The van der Waals surface area contributed by atoms with Crippen LogP contribution in [0.5, 0.6) is 0 Å². The van der Waals surface area contributed by atoms with E-state index in [0.717, 1.165) is 67.0 Å². The number of fused-ring (bicyclic) bond motifs is 1. The van der Waals surface area contributed by atoms with Crippen molar-refractivity contribution in [3.63, 3.8) is 0 Å². The number of nitrogens with two attached hydrogens (primary N) is 1. The summed E-state index contributed by atoms with van der Waals surface area (Å²) in [4.78, 5) is 7.60. The van der Waals surface area contributed by atoms with Crippen molar-refractivity contribution in [1.29, 1.82) is 5.41 Å². The molecule has 0 unspecified atom stereocenters. The summed E-state index contributed by atoms with van der Waals surface area (Å²) in [6, 6.07) is 31.0. The number of nitrogen functional groups attached to an aromatic ring is 1. The van der Waals surface area contributed by atoms with Gasteiger partial charge in [-0.1, -0.05) is 86.6 Å². The minimum Gasteiger partial charge on any atom is -0.384 e. The number of likely N-dealkylation sites (N-methyl/N-ethyl adjacent to an activating group) is 1. The molecule has 234 valence electrons. The molecule has 0 atom stereocenters. The molecule has 0 saturated carbocycles. The highest BCUT2D eigenvalue weighted by Gasteiger charge is 2.20. The van der Waals surface area contributed by atoms with Crippen molar-refractivity contribution in [3.05, 3.63) is 125 Å². The van der Waals surface area contributed by atoms with Gasteiger partial charge in [0.2, 0.25) is 0 Å². The minimum atomic E-state index is -3.81. The van der Waals surface area contributed by atoms with Crippen molar-refractivity contribution in [3.8, 4) is 0 Å². The summed E-state index contributed by atoms with van der Waals surface area (Å²) in [6.07, 6.45) is 3.00. The van der Waals surface area contributed by atoms with E-state index in [2.05, 4.69) is 40.2 Å². The molecule has 0 aliphatic carbocycles. The van der Waals surface area contributed by atoms with Crippen molar-refractivity contribution in [2.45, 2.75) is 51.0 Å². The van der Waals surface area contributed by atoms with Gasteiger partial charge in [0.05, 0.1) is 21.6 Å². The number of aryl methyl sites for hydroxylation is 4. The first-order valence-electron chi connectivity index (χ1n) is 15.6. The van der Waals surface area contributed by atoms with Crippen molar-refractivity contribution in [1.82, 2.24) is 14.5 Å². The van der Waals surface area contributed by atoms with Crippen LogP contribution in [0.3, 0.4) is 0 Å². The zero-order chi connectivity index (χ0) is 31.8. The molecular weight excluding hydrogens is 581 g/mol. The van der Waals surface area contributed by atoms with Crippen molar-refractivity contribution < 1.29 is 8.42 Å². The molecular formula is C36H42N6O2S. The van der Waals surface area contributed by atoms with E-state index in [1.807, 2.05) is 72.8 Å². The Morgan fingerprint density at radius 2 is 1.53 bits per heavy atom. The van der Waals surface area contributed by atoms with Gasteiger partial charge in [-0.25, -0.2) is 13.4 Å². The highest BCUT2D eigenvalue weighted by Crippen LogP contribution is 2.26. The van der Waals surface area contributed by atoms with Gasteiger partial charge in [-0.2, -0.15) is 0 Å². The second-order valence-corrected chi connectivity index (χ2v) is 12.9. The zero-order valence-electron chi connectivity index (χ0n) is 26.0. The lowest BCUT2D eigenvalue weighted by Crippen LogP contribution is -2.26. The molecule has 4 N–H and O–H groups in total. The zero-order valence-corrected chi connectivity index (χ0v) is 26.9. The maximum absolute atomic E-state index is 13.6. The molecule has 5 aromatic rings. The molecule has 9 heteroatoms. The standard InChI is InChI=1S/C36H42N6O2S/c1-3-41(4-2)24-23-29-12-8-9-13-34(29)45(43,44)40-31-19-20-33-32(26-31)39-35(42(33)25-22-27-10-6-5-7-11-27)21-16-28-14-17-30(18-15-28)36(37)38/h5-15,17-20,26,40H,3-4,16,21-25H2,1-2H3,(H3,37,38). The smallest absolute Gasteiger partial charge is 0.262 e. The highest BCUT2D eigenvalue weighted by molar-refractivity contribution is 7.92. The molecule has 45 heavy (non-hydrogen) atoms. The number of nitrogens with zero attached hydrogens (tertiary/aromatic N) is 3. The molecule has 0 bridgehead atoms. The summed E-state index contributed by atoms with van der Waals surface area (Å²) in [6.45, 7) is 7.64. The van der Waals surface area contributed by atoms with Crippen molar-refractivity contribution >= 4 is 32.6 Å². The summed E-state index contributed by atoms with van der Waals surface area (Å²) in [5.74, 6) is 0.997. The van der Waals surface area contributed by atoms with E-state index in [9.17, 15) is 8.42 Å². The van der Waals surface area contributed by atoms with Crippen molar-refractivity contribution in [2.24, 2.45) is 5.73 Å². The number of imidazole rings is 1. The van der Waals surface area contributed by atoms with Gasteiger partial charge in [0.15, 0.2) is 0 Å². The fraction of sp³-hybridized carbons (Fsp3) is 0.278. The number of sulfonamides is 1. The van der Waals surface area contributed by atoms with Crippen LogP contribution in [-0.4, -0.2) is 48.3 Å². The Morgan fingerprint density at radius 1 is 0.844 bits per heavy atom. The summed E-state index contributed by atoms with van der Waals surface area (Å²) >= 11 is 0. The lowest BCUT2D eigenvalue weighted by atomic mass is 10.1. The summed E-state index contributed by atoms with van der Waals surface area (Å²) < 4.78 is 32.3. The van der Waals surface area contributed by atoms with Crippen LogP contribution in [0.4, 0.5) is 5.69 Å². The van der Waals surface area contributed by atoms with E-state index in [0.29, 0.717) is 29.0 Å². The van der Waals surface area contributed by atoms with Gasteiger partial charge >= 0.3 is 0 Å². The number of nitrogens with one attached hydrogen (secondary N) is 2. The second-order valence-electron chi connectivity index (χ2n) is 11.2. The number of amidine groups is 1. The number of hydrogen-bond donors (Lipinski definition) is 3. The normalized spacial score (nSPS) is 11.7. The van der Waals surface area contributed by atoms with E-state index < -0.39 is 10.0 Å². The van der Waals surface area contributed by atoms with E-state index in [1.54, 1.807) is 12.1 Å². The number of hydrogen-bond acceptors (Lipinski definition) is 5. The van der Waals surface area contributed by atoms with Crippen molar-refractivity contribution in [2.75, 3.05) is 24.4 Å². The Labute approximate surface area is 266 Å². The van der Waals surface area contributed by atoms with Gasteiger partial charge in [-0.15, -0.1) is 0 Å². The first kappa shape index (κ1) is 31.9. The third kappa shape index (κ3) is 7.98. The SMILES string of the molecule is CCN(CC)CCc1ccccc1S(=O)(=O)Nc1ccc2c(c1)nc(CCc1ccc(C(=N)N)cc1)n2CCc1ccccc1. The average molecular weight is 623 g/mol. The quantitative estimate of drug-likeness (QED) is 0.0973. The maximum atomic E-state index is 13.6. The molecule has 4 aromatic carbocycles. The van der Waals surface area contributed by atoms with Crippen LogP contribution in [0, 0.1) is 5.41 Å². The Bertz CT molecular complexity index is 1850. The molecule has 1 aromatic heterocycles. The van der Waals surface area contributed by atoms with Gasteiger partial charge in [-0.05, 0) is 73.3 Å². The molecule has 0 amide bonds. The van der Waals surface area contributed by atoms with E-state index >= 15 is 0 Å². The van der Waals surface area contributed by atoms with E-state index in [1.165, 1.54) is 5.56 Å². The fourth-order valence-corrected chi connectivity index (χ4v) is 7.00. The van der Waals surface area contributed by atoms with Crippen LogP contribution < -0.4 is 10.5 Å². The predicted octanol–water partition coefficient (Wildman–Crippen LogP) is 6.03. The first-order chi connectivity index (χ1) is 21.8. The number of anilines is 1. The molecule has 0 radical (unpaired) electrons. The summed E-state index contributed by atoms with van der Waals surface area (Å²) in [5.41, 5.74) is 11.7. The third-order valence-electron chi connectivity index (χ3n) is 8.30. The first-order valence-corrected chi connectivity index (χ1v) is 17.0. The molecule has 8 nitrogen and oxygen atoms in total. The topological polar surface area (TPSA) is 117 Å². The Kier molecular flexibility index (Phi) is 10.3. The van der Waals surface area contributed by atoms with Crippen LogP contribution in [0.25, 0.3) is 11.0 Å². The summed E-state index contributed by atoms with van der Waals surface area (Å²) in [5, 5.41) is 7.65. The Balaban J connectivity index is 1.40. The largest absolute Gasteiger partial charge is 0.384 e. The average Bonchev–Trinajstić information content (AvgIpc) is 3.40. The minimum absolute atomic E-state index is 0.0544. The lowest BCUT2D eigenvalue weighted by molar-refractivity contribution is 0.307. The molecule has 0 aliphatic rings. The highest BCUT2D eigenvalue weighted by atomic mass is 32.2. The van der Waals surface area contributed by atoms with Crippen LogP contribution in [0.15, 0.2) is 102 Å². The van der Waals surface area contributed by atoms with E-state index in [4.69, 9.17) is 16.1 Å². The molecule has 5 rings (SSSR count). The van der Waals surface area contributed by atoms with Gasteiger partial charge in [0.1, 0.15) is 11.7 Å². The van der Waals surface area contributed by atoms with Gasteiger partial charge < -0.3 is 15.2 Å². The van der Waals surface area contributed by atoms with Crippen LogP contribution in [0.1, 0.15) is 41.9 Å². The van der Waals surface area contributed by atoms with Gasteiger partial charge in [0.25, 0.3) is 10.0 Å². The van der Waals surface area contributed by atoms with Crippen LogP contribution in [0.2, 0.25) is 0 Å². The number of rotatable bonds is 15.